The summed E-state index contributed by atoms with van der Waals surface area (Å²) in [5.74, 6) is -2.36. The highest BCUT2D eigenvalue weighted by molar-refractivity contribution is 6.30. The average Bonchev–Trinajstić information content (AvgIpc) is 2.16. The Bertz CT molecular complexity index is 425. The number of amides is 2. The van der Waals surface area contributed by atoms with E-state index in [-0.39, 0.29) is 10.6 Å². The van der Waals surface area contributed by atoms with Gasteiger partial charge < -0.3 is 5.73 Å². The predicted molar refractivity (Wildman–Crippen MR) is 54.0 cm³/mol. The Morgan fingerprint density at radius 3 is 2.75 bits per heavy atom. The first kappa shape index (κ1) is 12.4. The van der Waals surface area contributed by atoms with Crippen LogP contribution in [0.5, 0.6) is 0 Å². The molecule has 5 nitrogen and oxygen atoms in total. The number of nitrogens with one attached hydrogen (secondary N) is 1. The smallest absolute Gasteiger partial charge is 0.277 e. The molecule has 0 aliphatic heterocycles. The van der Waals surface area contributed by atoms with E-state index in [1.165, 1.54) is 12.1 Å². The van der Waals surface area contributed by atoms with E-state index in [0.717, 1.165) is 6.07 Å². The number of hydrogen-bond acceptors (Lipinski definition) is 3. The maximum absolute atomic E-state index is 13.2. The van der Waals surface area contributed by atoms with Gasteiger partial charge in [-0.15, -0.1) is 0 Å². The molecule has 1 aromatic carbocycles. The fourth-order valence-corrected chi connectivity index (χ4v) is 1.06. The van der Waals surface area contributed by atoms with Gasteiger partial charge in [-0.1, -0.05) is 11.6 Å². The third-order valence-electron chi connectivity index (χ3n) is 1.56. The van der Waals surface area contributed by atoms with Crippen LogP contribution in [0.4, 0.5) is 4.39 Å². The van der Waals surface area contributed by atoms with Crippen molar-refractivity contribution in [3.05, 3.63) is 34.6 Å². The highest BCUT2D eigenvalue weighted by atomic mass is 35.5. The van der Waals surface area contributed by atoms with E-state index in [0.29, 0.717) is 0 Å². The second-order valence-corrected chi connectivity index (χ2v) is 3.25. The molecule has 86 valence electrons. The molecule has 0 saturated carbocycles. The van der Waals surface area contributed by atoms with Crippen molar-refractivity contribution < 1.29 is 18.8 Å². The highest BCUT2D eigenvalue weighted by Crippen LogP contribution is 2.14. The van der Waals surface area contributed by atoms with Gasteiger partial charge in [-0.2, -0.15) is 0 Å². The molecular formula is C9H8ClFN2O3. The molecule has 0 fully saturated rings. The first-order valence-electron chi connectivity index (χ1n) is 4.16. The molecule has 3 N–H and O–H groups in total. The van der Waals surface area contributed by atoms with Crippen LogP contribution in [0.15, 0.2) is 18.2 Å². The molecule has 7 heteroatoms. The normalized spacial score (nSPS) is 9.88. The summed E-state index contributed by atoms with van der Waals surface area (Å²) in [5.41, 5.74) is 6.39. The van der Waals surface area contributed by atoms with Gasteiger partial charge in [0.05, 0.1) is 5.56 Å². The minimum atomic E-state index is -0.824. The lowest BCUT2D eigenvalue weighted by atomic mass is 10.2. The number of halogens is 2. The third kappa shape index (κ3) is 3.48. The van der Waals surface area contributed by atoms with Crippen LogP contribution in [0, 0.1) is 5.82 Å². The standard InChI is InChI=1S/C9H8ClFN2O3/c10-5-1-2-6(7(11)3-5)9(15)13-16-4-8(12)14/h1-3H,4H2,(H2,12,14)(H,13,15). The first-order chi connectivity index (χ1) is 7.50. The Hall–Kier alpha value is -1.66. The summed E-state index contributed by atoms with van der Waals surface area (Å²) >= 11 is 5.50. The van der Waals surface area contributed by atoms with E-state index < -0.39 is 24.2 Å². The van der Waals surface area contributed by atoms with Crippen molar-refractivity contribution in [2.24, 2.45) is 5.73 Å². The molecule has 0 spiro atoms. The summed E-state index contributed by atoms with van der Waals surface area (Å²) in [6.45, 7) is -0.485. The second kappa shape index (κ2) is 5.43. The van der Waals surface area contributed by atoms with Crippen LogP contribution >= 0.6 is 11.6 Å². The molecule has 0 unspecified atom stereocenters. The van der Waals surface area contributed by atoms with E-state index in [9.17, 15) is 14.0 Å². The van der Waals surface area contributed by atoms with Gasteiger partial charge in [0, 0.05) is 5.02 Å². The number of carbonyl (C=O) groups is 2. The van der Waals surface area contributed by atoms with Gasteiger partial charge in [0.25, 0.3) is 5.91 Å². The Morgan fingerprint density at radius 2 is 2.19 bits per heavy atom. The number of carbonyl (C=O) groups excluding carboxylic acids is 2. The van der Waals surface area contributed by atoms with Crippen molar-refractivity contribution in [2.45, 2.75) is 0 Å². The first-order valence-corrected chi connectivity index (χ1v) is 4.54. The maximum atomic E-state index is 13.2. The molecular weight excluding hydrogens is 239 g/mol. The van der Waals surface area contributed by atoms with Crippen LogP contribution in [0.2, 0.25) is 5.02 Å². The fraction of sp³-hybridized carbons (Fsp3) is 0.111. The minimum Gasteiger partial charge on any atom is -0.368 e. The third-order valence-corrected chi connectivity index (χ3v) is 1.79. The highest BCUT2D eigenvalue weighted by Gasteiger charge is 2.12. The van der Waals surface area contributed by atoms with Gasteiger partial charge in [-0.05, 0) is 18.2 Å². The van der Waals surface area contributed by atoms with Gasteiger partial charge in [0.1, 0.15) is 5.82 Å². The molecule has 0 aliphatic carbocycles. The Labute approximate surface area is 95.3 Å². The zero-order valence-corrected chi connectivity index (χ0v) is 8.75. The summed E-state index contributed by atoms with van der Waals surface area (Å²) in [5, 5.41) is 0.173. The average molecular weight is 247 g/mol. The fourth-order valence-electron chi connectivity index (χ4n) is 0.901. The molecule has 0 atom stereocenters. The molecule has 0 saturated heterocycles. The molecule has 1 aromatic rings. The Kier molecular flexibility index (Phi) is 4.21. The maximum Gasteiger partial charge on any atom is 0.277 e. The number of primary amides is 1. The van der Waals surface area contributed by atoms with E-state index in [1.807, 2.05) is 5.48 Å². The molecule has 1 rings (SSSR count). The number of hydroxylamine groups is 1. The van der Waals surface area contributed by atoms with E-state index >= 15 is 0 Å². The molecule has 2 amide bonds. The van der Waals surface area contributed by atoms with Crippen molar-refractivity contribution in [2.75, 3.05) is 6.61 Å². The largest absolute Gasteiger partial charge is 0.368 e. The minimum absolute atomic E-state index is 0.173. The van der Waals surface area contributed by atoms with Crippen molar-refractivity contribution in [1.82, 2.24) is 5.48 Å². The number of rotatable bonds is 4. The van der Waals surface area contributed by atoms with E-state index in [1.54, 1.807) is 0 Å². The Balaban J connectivity index is 2.63. The number of hydrogen-bond donors (Lipinski definition) is 2. The summed E-state index contributed by atoms with van der Waals surface area (Å²) in [6, 6.07) is 3.54. The van der Waals surface area contributed by atoms with Crippen LogP contribution < -0.4 is 11.2 Å². The zero-order valence-electron chi connectivity index (χ0n) is 8.00. The van der Waals surface area contributed by atoms with E-state index in [2.05, 4.69) is 4.84 Å². The monoisotopic (exact) mass is 246 g/mol. The van der Waals surface area contributed by atoms with Crippen LogP contribution in [-0.2, 0) is 9.63 Å². The van der Waals surface area contributed by atoms with Gasteiger partial charge in [0.15, 0.2) is 6.61 Å². The van der Waals surface area contributed by atoms with Crippen molar-refractivity contribution in [3.63, 3.8) is 0 Å². The number of nitrogens with two attached hydrogens (primary N) is 1. The van der Waals surface area contributed by atoms with Crippen LogP contribution in [0.1, 0.15) is 10.4 Å². The lowest BCUT2D eigenvalue weighted by molar-refractivity contribution is -0.124. The van der Waals surface area contributed by atoms with Crippen molar-refractivity contribution in [3.8, 4) is 0 Å². The Morgan fingerprint density at radius 1 is 1.50 bits per heavy atom. The summed E-state index contributed by atoms with van der Waals surface area (Å²) in [7, 11) is 0. The topological polar surface area (TPSA) is 81.4 Å². The molecule has 16 heavy (non-hydrogen) atoms. The molecule has 0 radical (unpaired) electrons. The molecule has 0 aromatic heterocycles. The quantitative estimate of drug-likeness (QED) is 0.765. The predicted octanol–water partition coefficient (Wildman–Crippen LogP) is 0.626. The summed E-state index contributed by atoms with van der Waals surface area (Å²) in [4.78, 5) is 26.0. The van der Waals surface area contributed by atoms with Crippen LogP contribution in [0.25, 0.3) is 0 Å². The van der Waals surface area contributed by atoms with Gasteiger partial charge in [0.2, 0.25) is 5.91 Å². The lowest BCUT2D eigenvalue weighted by Gasteiger charge is -2.05. The molecule has 0 heterocycles. The summed E-state index contributed by atoms with van der Waals surface area (Å²) < 4.78 is 13.2. The second-order valence-electron chi connectivity index (χ2n) is 2.81. The van der Waals surface area contributed by atoms with Crippen LogP contribution in [-0.4, -0.2) is 18.4 Å². The molecule has 0 aliphatic rings. The van der Waals surface area contributed by atoms with Crippen molar-refractivity contribution in [1.29, 1.82) is 0 Å². The van der Waals surface area contributed by atoms with Crippen LogP contribution in [0.3, 0.4) is 0 Å². The summed E-state index contributed by atoms with van der Waals surface area (Å²) in [6.07, 6.45) is 0. The van der Waals surface area contributed by atoms with Crippen molar-refractivity contribution >= 4 is 23.4 Å². The van der Waals surface area contributed by atoms with E-state index in [4.69, 9.17) is 17.3 Å². The lowest BCUT2D eigenvalue weighted by Crippen LogP contribution is -2.29. The van der Waals surface area contributed by atoms with Gasteiger partial charge in [-0.25, -0.2) is 9.87 Å². The SMILES string of the molecule is NC(=O)CONC(=O)c1ccc(Cl)cc1F. The zero-order chi connectivity index (χ0) is 12.1. The number of benzene rings is 1. The van der Waals surface area contributed by atoms with Gasteiger partial charge >= 0.3 is 0 Å². The molecule has 0 bridgehead atoms. The van der Waals surface area contributed by atoms with Gasteiger partial charge in [-0.3, -0.25) is 14.4 Å².